The maximum atomic E-state index is 13.2. The van der Waals surface area contributed by atoms with Gasteiger partial charge in [0, 0.05) is 36.2 Å². The van der Waals surface area contributed by atoms with E-state index in [1.54, 1.807) is 30.7 Å². The number of aromatic nitrogens is 3. The van der Waals surface area contributed by atoms with Crippen LogP contribution in [0.15, 0.2) is 53.8 Å². The number of sulfone groups is 1. The lowest BCUT2D eigenvalue weighted by molar-refractivity contribution is 0.221. The molecule has 10 heteroatoms. The average molecular weight is 530 g/mol. The number of benzene rings is 1. The fraction of sp³-hybridized carbons (Fsp3) is 0.346. The van der Waals surface area contributed by atoms with E-state index < -0.39 is 15.7 Å². The third-order valence-corrected chi connectivity index (χ3v) is 8.44. The van der Waals surface area contributed by atoms with Crippen LogP contribution in [0.2, 0.25) is 5.02 Å². The minimum absolute atomic E-state index is 0.115. The molecule has 0 radical (unpaired) electrons. The quantitative estimate of drug-likeness (QED) is 0.406. The number of rotatable bonds is 8. The fourth-order valence-electron chi connectivity index (χ4n) is 4.23. The number of hydrogen-bond acceptors (Lipinski definition) is 7. The zero-order valence-corrected chi connectivity index (χ0v) is 21.8. The van der Waals surface area contributed by atoms with Gasteiger partial charge in [-0.05, 0) is 69.6 Å². The van der Waals surface area contributed by atoms with E-state index in [4.69, 9.17) is 11.6 Å². The Morgan fingerprint density at radius 3 is 2.28 bits per heavy atom. The van der Waals surface area contributed by atoms with Crippen LogP contribution in [0.1, 0.15) is 42.5 Å². The van der Waals surface area contributed by atoms with Crippen molar-refractivity contribution in [2.75, 3.05) is 19.4 Å². The molecule has 1 N–H and O–H groups in total. The molecule has 3 aromatic rings. The molecule has 0 saturated heterocycles. The van der Waals surface area contributed by atoms with Gasteiger partial charge in [-0.2, -0.15) is 0 Å². The molecule has 2 aromatic heterocycles. The molecule has 0 unspecified atom stereocenters. The monoisotopic (exact) mass is 529 g/mol. The largest absolute Gasteiger partial charge is 0.351 e. The Morgan fingerprint density at radius 1 is 1.00 bits per heavy atom. The van der Waals surface area contributed by atoms with Crippen LogP contribution in [0, 0.1) is 5.82 Å². The molecule has 36 heavy (non-hydrogen) atoms. The molecule has 1 aromatic carbocycles. The summed E-state index contributed by atoms with van der Waals surface area (Å²) in [5, 5.41) is 3.29. The third-order valence-electron chi connectivity index (χ3n) is 6.31. The van der Waals surface area contributed by atoms with Crippen LogP contribution in [0.3, 0.4) is 0 Å². The van der Waals surface area contributed by atoms with Crippen molar-refractivity contribution in [3.8, 4) is 0 Å². The molecule has 0 bridgehead atoms. The average Bonchev–Trinajstić information content (AvgIpc) is 2.84. The second-order valence-electron chi connectivity index (χ2n) is 9.20. The second-order valence-corrected chi connectivity index (χ2v) is 11.6. The lowest BCUT2D eigenvalue weighted by Gasteiger charge is -2.32. The molecule has 0 spiro atoms. The highest BCUT2D eigenvalue weighted by atomic mass is 35.5. The van der Waals surface area contributed by atoms with Gasteiger partial charge in [-0.1, -0.05) is 29.8 Å². The van der Waals surface area contributed by atoms with Crippen LogP contribution in [-0.4, -0.2) is 54.4 Å². The van der Waals surface area contributed by atoms with E-state index in [-0.39, 0.29) is 15.7 Å². The molecular weight excluding hydrogens is 501 g/mol. The molecule has 7 nitrogen and oxygen atoms in total. The van der Waals surface area contributed by atoms with Gasteiger partial charge in [0.15, 0.2) is 9.84 Å². The Kier molecular flexibility index (Phi) is 8.33. The minimum atomic E-state index is -3.75. The summed E-state index contributed by atoms with van der Waals surface area (Å²) >= 11 is 5.91. The van der Waals surface area contributed by atoms with Crippen molar-refractivity contribution in [2.24, 2.45) is 0 Å². The van der Waals surface area contributed by atoms with Crippen LogP contribution >= 0.6 is 11.6 Å². The summed E-state index contributed by atoms with van der Waals surface area (Å²) in [5.41, 5.74) is 2.01. The molecule has 0 atom stereocenters. The molecule has 190 valence electrons. The summed E-state index contributed by atoms with van der Waals surface area (Å²) in [4.78, 5) is 15.3. The SMILES string of the molecule is CN(C)C1CCC(Nc2ncc(/C=C/c3ccc(CS(=O)(=O)c4ccc(F)cc4Cl)nc3)cn2)CC1. The van der Waals surface area contributed by atoms with Crippen molar-refractivity contribution in [1.82, 2.24) is 19.9 Å². The van der Waals surface area contributed by atoms with Crippen LogP contribution in [0.25, 0.3) is 12.2 Å². The number of nitrogens with one attached hydrogen (secondary N) is 1. The Morgan fingerprint density at radius 2 is 1.67 bits per heavy atom. The predicted octanol–water partition coefficient (Wildman–Crippen LogP) is 5.09. The van der Waals surface area contributed by atoms with Gasteiger partial charge in [-0.15, -0.1) is 0 Å². The van der Waals surface area contributed by atoms with Crippen LogP contribution in [0.4, 0.5) is 10.3 Å². The van der Waals surface area contributed by atoms with Crippen molar-refractivity contribution < 1.29 is 12.8 Å². The number of halogens is 2. The highest BCUT2D eigenvalue weighted by molar-refractivity contribution is 7.90. The first-order chi connectivity index (χ1) is 17.2. The minimum Gasteiger partial charge on any atom is -0.351 e. The number of nitrogens with zero attached hydrogens (tertiary/aromatic N) is 4. The molecule has 1 aliphatic rings. The van der Waals surface area contributed by atoms with Crippen LogP contribution in [-0.2, 0) is 15.6 Å². The molecule has 0 amide bonds. The first-order valence-electron chi connectivity index (χ1n) is 11.8. The lowest BCUT2D eigenvalue weighted by Crippen LogP contribution is -2.36. The van der Waals surface area contributed by atoms with Gasteiger partial charge in [0.1, 0.15) is 5.82 Å². The number of pyridine rings is 1. The molecular formula is C26H29ClFN5O2S. The summed E-state index contributed by atoms with van der Waals surface area (Å²) in [6.45, 7) is 0. The Labute approximate surface area is 216 Å². The van der Waals surface area contributed by atoms with Gasteiger partial charge in [-0.25, -0.2) is 22.8 Å². The second kappa shape index (κ2) is 11.5. The lowest BCUT2D eigenvalue weighted by atomic mass is 9.91. The van der Waals surface area contributed by atoms with E-state index in [1.807, 2.05) is 12.2 Å². The van der Waals surface area contributed by atoms with Gasteiger partial charge in [0.05, 0.1) is 21.4 Å². The summed E-state index contributed by atoms with van der Waals surface area (Å²) in [6.07, 6.45) is 13.4. The Balaban J connectivity index is 1.32. The molecule has 1 fully saturated rings. The molecule has 4 rings (SSSR count). The standard InChI is InChI=1S/C26H29ClFN5O2S/c1-33(2)23-10-8-21(9-11-23)32-26-30-15-19(16-31-26)4-3-18-5-7-22(29-14-18)17-36(34,35)25-12-6-20(28)13-24(25)27/h3-7,12-16,21,23H,8-11,17H2,1-2H3,(H,30,31,32)/b4-3+. The van der Waals surface area contributed by atoms with Gasteiger partial charge < -0.3 is 10.2 Å². The van der Waals surface area contributed by atoms with Gasteiger partial charge in [0.25, 0.3) is 0 Å². The topological polar surface area (TPSA) is 88.1 Å². The van der Waals surface area contributed by atoms with E-state index in [2.05, 4.69) is 39.3 Å². The van der Waals surface area contributed by atoms with Crippen molar-refractivity contribution in [1.29, 1.82) is 0 Å². The van der Waals surface area contributed by atoms with Crippen LogP contribution < -0.4 is 5.32 Å². The van der Waals surface area contributed by atoms with E-state index >= 15 is 0 Å². The first kappa shape index (κ1) is 26.2. The zero-order valence-electron chi connectivity index (χ0n) is 20.2. The van der Waals surface area contributed by atoms with Gasteiger partial charge >= 0.3 is 0 Å². The summed E-state index contributed by atoms with van der Waals surface area (Å²) in [7, 11) is 0.514. The van der Waals surface area contributed by atoms with Gasteiger partial charge in [-0.3, -0.25) is 4.98 Å². The van der Waals surface area contributed by atoms with Crippen molar-refractivity contribution in [3.63, 3.8) is 0 Å². The molecule has 1 aliphatic carbocycles. The molecule has 0 aliphatic heterocycles. The maximum absolute atomic E-state index is 13.2. The van der Waals surface area contributed by atoms with E-state index in [9.17, 15) is 12.8 Å². The highest BCUT2D eigenvalue weighted by Gasteiger charge is 2.23. The maximum Gasteiger partial charge on any atom is 0.222 e. The Bertz CT molecular complexity index is 1310. The van der Waals surface area contributed by atoms with Crippen molar-refractivity contribution in [2.45, 2.75) is 48.4 Å². The predicted molar refractivity (Wildman–Crippen MR) is 141 cm³/mol. The normalized spacial score (nSPS) is 18.6. The third kappa shape index (κ3) is 6.87. The Hall–Kier alpha value is -2.88. The fourth-order valence-corrected chi connectivity index (χ4v) is 6.10. The molecule has 1 saturated carbocycles. The first-order valence-corrected chi connectivity index (χ1v) is 13.8. The summed E-state index contributed by atoms with van der Waals surface area (Å²) in [6, 6.07) is 7.70. The number of hydrogen-bond donors (Lipinski definition) is 1. The van der Waals surface area contributed by atoms with Crippen LogP contribution in [0.5, 0.6) is 0 Å². The van der Waals surface area contributed by atoms with Crippen molar-refractivity contribution in [3.05, 3.63) is 76.6 Å². The van der Waals surface area contributed by atoms with E-state index in [1.165, 1.54) is 18.9 Å². The van der Waals surface area contributed by atoms with E-state index in [0.717, 1.165) is 36.1 Å². The van der Waals surface area contributed by atoms with Crippen molar-refractivity contribution >= 4 is 39.5 Å². The van der Waals surface area contributed by atoms with E-state index in [0.29, 0.717) is 23.7 Å². The summed E-state index contributed by atoms with van der Waals surface area (Å²) in [5.74, 6) is -0.289. The van der Waals surface area contributed by atoms with Gasteiger partial charge in [0.2, 0.25) is 5.95 Å². The highest BCUT2D eigenvalue weighted by Crippen LogP contribution is 2.26. The smallest absolute Gasteiger partial charge is 0.222 e. The zero-order chi connectivity index (χ0) is 25.7. The molecule has 2 heterocycles. The number of anilines is 1. The summed E-state index contributed by atoms with van der Waals surface area (Å²) < 4.78 is 38.5.